The van der Waals surface area contributed by atoms with E-state index in [1.165, 1.54) is 6.26 Å². The van der Waals surface area contributed by atoms with Crippen LogP contribution in [-0.4, -0.2) is 55.7 Å². The van der Waals surface area contributed by atoms with Crippen LogP contribution in [-0.2, 0) is 14.8 Å². The number of sulfonamides is 1. The van der Waals surface area contributed by atoms with E-state index in [-0.39, 0.29) is 30.6 Å². The summed E-state index contributed by atoms with van der Waals surface area (Å²) in [6.07, 6.45) is 3.61. The Morgan fingerprint density at radius 3 is 2.44 bits per heavy atom. The second kappa shape index (κ2) is 6.17. The minimum atomic E-state index is -3.19. The summed E-state index contributed by atoms with van der Waals surface area (Å²) >= 11 is 0. The van der Waals surface area contributed by atoms with E-state index in [2.05, 4.69) is 5.32 Å². The van der Waals surface area contributed by atoms with E-state index in [1.54, 1.807) is 10.4 Å². The monoisotopic (exact) mass is 366 g/mol. The van der Waals surface area contributed by atoms with Gasteiger partial charge in [0.2, 0.25) is 16.1 Å². The van der Waals surface area contributed by atoms with Crippen molar-refractivity contribution < 1.29 is 22.7 Å². The highest BCUT2D eigenvalue weighted by molar-refractivity contribution is 7.88. The zero-order chi connectivity index (χ0) is 17.6. The van der Waals surface area contributed by atoms with Crippen LogP contribution in [0.4, 0.5) is 0 Å². The van der Waals surface area contributed by atoms with Crippen molar-refractivity contribution in [2.24, 2.45) is 0 Å². The molecule has 1 N–H and O–H groups in total. The van der Waals surface area contributed by atoms with Crippen LogP contribution >= 0.6 is 0 Å². The molecule has 3 heterocycles. The molecule has 25 heavy (non-hydrogen) atoms. The van der Waals surface area contributed by atoms with Gasteiger partial charge >= 0.3 is 0 Å². The van der Waals surface area contributed by atoms with Crippen LogP contribution in [0.25, 0.3) is 0 Å². The topological polar surface area (TPSA) is 84.9 Å². The summed E-state index contributed by atoms with van der Waals surface area (Å²) in [6.45, 7) is 0.178. The molecule has 136 valence electrons. The highest BCUT2D eigenvalue weighted by Crippen LogP contribution is 2.37. The van der Waals surface area contributed by atoms with Gasteiger partial charge in [-0.2, -0.15) is 4.31 Å². The maximum absolute atomic E-state index is 12.5. The molecular formula is C17H22N2O5S. The lowest BCUT2D eigenvalue weighted by Gasteiger charge is -2.38. The highest BCUT2D eigenvalue weighted by Gasteiger charge is 2.46. The highest BCUT2D eigenvalue weighted by atomic mass is 32.2. The Hall–Kier alpha value is -1.80. The average Bonchev–Trinajstić information content (AvgIpc) is 2.87. The number of carbonyl (C=O) groups excluding carboxylic acids is 1. The number of hydrogen-bond donors (Lipinski definition) is 1. The van der Waals surface area contributed by atoms with Crippen molar-refractivity contribution in [1.29, 1.82) is 0 Å². The van der Waals surface area contributed by atoms with Crippen LogP contribution in [0.15, 0.2) is 24.3 Å². The lowest BCUT2D eigenvalue weighted by Crippen LogP contribution is -2.54. The average molecular weight is 366 g/mol. The Labute approximate surface area is 147 Å². The van der Waals surface area contributed by atoms with Gasteiger partial charge in [-0.25, -0.2) is 8.42 Å². The molecule has 1 amide bonds. The molecule has 2 bridgehead atoms. The standard InChI is InChI=1S/C17H22N2O5S/c1-25(21,22)19-12-6-7-13(19)9-11(8-12)18-17(20)16-10-23-14-4-2-3-5-15(14)24-16/h2-5,11-13,16H,6-10H2,1H3,(H,18,20). The number of para-hydroxylation sites is 2. The maximum Gasteiger partial charge on any atom is 0.264 e. The number of fused-ring (bicyclic) bond motifs is 3. The molecule has 3 aliphatic rings. The Morgan fingerprint density at radius 1 is 1.16 bits per heavy atom. The third-order valence-corrected chi connectivity index (χ3v) is 6.56. The maximum atomic E-state index is 12.5. The van der Waals surface area contributed by atoms with Crippen LogP contribution in [0.5, 0.6) is 11.5 Å². The van der Waals surface area contributed by atoms with Gasteiger partial charge in [0.25, 0.3) is 5.91 Å². The fourth-order valence-corrected chi connectivity index (χ4v) is 5.70. The van der Waals surface area contributed by atoms with Crippen LogP contribution in [0.2, 0.25) is 0 Å². The summed E-state index contributed by atoms with van der Waals surface area (Å²) in [5.74, 6) is 1.01. The van der Waals surface area contributed by atoms with Crippen molar-refractivity contribution in [1.82, 2.24) is 9.62 Å². The summed E-state index contributed by atoms with van der Waals surface area (Å²) in [5.41, 5.74) is 0. The molecular weight excluding hydrogens is 344 g/mol. The van der Waals surface area contributed by atoms with E-state index in [1.807, 2.05) is 18.2 Å². The molecule has 2 fully saturated rings. The van der Waals surface area contributed by atoms with Crippen molar-refractivity contribution in [3.8, 4) is 11.5 Å². The molecule has 0 aliphatic carbocycles. The van der Waals surface area contributed by atoms with Crippen molar-refractivity contribution in [3.63, 3.8) is 0 Å². The molecule has 3 aliphatic heterocycles. The normalized spacial score (nSPS) is 31.6. The third kappa shape index (κ3) is 3.20. The second-order valence-corrected chi connectivity index (χ2v) is 8.91. The zero-order valence-electron chi connectivity index (χ0n) is 14.1. The van der Waals surface area contributed by atoms with Gasteiger partial charge in [-0.3, -0.25) is 4.79 Å². The largest absolute Gasteiger partial charge is 0.485 e. The lowest BCUT2D eigenvalue weighted by atomic mass is 9.99. The molecule has 2 saturated heterocycles. The van der Waals surface area contributed by atoms with E-state index in [4.69, 9.17) is 9.47 Å². The molecule has 0 spiro atoms. The Morgan fingerprint density at radius 2 is 1.80 bits per heavy atom. The van der Waals surface area contributed by atoms with Gasteiger partial charge < -0.3 is 14.8 Å². The Balaban J connectivity index is 1.39. The predicted octanol–water partition coefficient (Wildman–Crippen LogP) is 0.898. The minimum absolute atomic E-state index is 0.0108. The number of amides is 1. The molecule has 8 heteroatoms. The first-order valence-electron chi connectivity index (χ1n) is 8.59. The fraction of sp³-hybridized carbons (Fsp3) is 0.588. The van der Waals surface area contributed by atoms with Crippen molar-refractivity contribution in [2.75, 3.05) is 12.9 Å². The summed E-state index contributed by atoms with van der Waals surface area (Å²) < 4.78 is 36.8. The number of piperidine rings is 1. The number of nitrogens with one attached hydrogen (secondary N) is 1. The third-order valence-electron chi connectivity index (χ3n) is 5.20. The first-order valence-corrected chi connectivity index (χ1v) is 10.4. The number of hydrogen-bond acceptors (Lipinski definition) is 5. The van der Waals surface area contributed by atoms with E-state index in [0.29, 0.717) is 24.3 Å². The smallest absolute Gasteiger partial charge is 0.264 e. The van der Waals surface area contributed by atoms with Gasteiger partial charge in [-0.15, -0.1) is 0 Å². The van der Waals surface area contributed by atoms with E-state index in [0.717, 1.165) is 12.8 Å². The van der Waals surface area contributed by atoms with Gasteiger partial charge in [0.15, 0.2) is 11.5 Å². The molecule has 7 nitrogen and oxygen atoms in total. The van der Waals surface area contributed by atoms with Crippen molar-refractivity contribution in [3.05, 3.63) is 24.3 Å². The molecule has 3 unspecified atom stereocenters. The quantitative estimate of drug-likeness (QED) is 0.859. The van der Waals surface area contributed by atoms with E-state index in [9.17, 15) is 13.2 Å². The Kier molecular flexibility index (Phi) is 4.11. The lowest BCUT2D eigenvalue weighted by molar-refractivity contribution is -0.131. The first kappa shape index (κ1) is 16.7. The van der Waals surface area contributed by atoms with Crippen LogP contribution in [0.1, 0.15) is 25.7 Å². The Bertz CT molecular complexity index is 767. The molecule has 0 saturated carbocycles. The van der Waals surface area contributed by atoms with Crippen molar-refractivity contribution >= 4 is 15.9 Å². The van der Waals surface area contributed by atoms with Gasteiger partial charge in [0.1, 0.15) is 6.61 Å². The van der Waals surface area contributed by atoms with Crippen LogP contribution < -0.4 is 14.8 Å². The molecule has 1 aromatic rings. The van der Waals surface area contributed by atoms with Gasteiger partial charge in [0.05, 0.1) is 6.26 Å². The summed E-state index contributed by atoms with van der Waals surface area (Å²) in [7, 11) is -3.19. The predicted molar refractivity (Wildman–Crippen MR) is 91.0 cm³/mol. The van der Waals surface area contributed by atoms with Gasteiger partial charge in [-0.05, 0) is 37.8 Å². The van der Waals surface area contributed by atoms with Gasteiger partial charge in [0, 0.05) is 18.1 Å². The molecule has 4 rings (SSSR count). The van der Waals surface area contributed by atoms with Gasteiger partial charge in [-0.1, -0.05) is 12.1 Å². The fourth-order valence-electron chi connectivity index (χ4n) is 4.24. The summed E-state index contributed by atoms with van der Waals surface area (Å²) in [4.78, 5) is 12.5. The zero-order valence-corrected chi connectivity index (χ0v) is 14.9. The first-order chi connectivity index (χ1) is 11.9. The summed E-state index contributed by atoms with van der Waals surface area (Å²) in [5, 5.41) is 3.03. The van der Waals surface area contributed by atoms with E-state index >= 15 is 0 Å². The van der Waals surface area contributed by atoms with Crippen molar-refractivity contribution in [2.45, 2.75) is 49.9 Å². The molecule has 3 atom stereocenters. The molecule has 0 aromatic heterocycles. The number of rotatable bonds is 3. The number of benzene rings is 1. The van der Waals surface area contributed by atoms with E-state index < -0.39 is 16.1 Å². The van der Waals surface area contributed by atoms with Crippen LogP contribution in [0, 0.1) is 0 Å². The summed E-state index contributed by atoms with van der Waals surface area (Å²) in [6, 6.07) is 7.23. The molecule has 0 radical (unpaired) electrons. The SMILES string of the molecule is CS(=O)(=O)N1C2CCC1CC(NC(=O)C1COc3ccccc3O1)C2. The number of ether oxygens (including phenoxy) is 2. The van der Waals surface area contributed by atoms with Crippen LogP contribution in [0.3, 0.4) is 0 Å². The number of carbonyl (C=O) groups is 1. The second-order valence-electron chi connectivity index (χ2n) is 7.02. The number of nitrogens with zero attached hydrogens (tertiary/aromatic N) is 1. The minimum Gasteiger partial charge on any atom is -0.485 e. The molecule has 1 aromatic carbocycles.